The van der Waals surface area contributed by atoms with Crippen molar-refractivity contribution < 1.29 is 13.6 Å². The standard InChI is InChI=1S/C18H16NO3P/c19-17-13-7-8-14-18(17)23(20,21-15-9-3-1-4-10-15)22-16-11-5-2-6-12-16/h1-14H,19H2. The van der Waals surface area contributed by atoms with Crippen molar-refractivity contribution in [3.63, 3.8) is 0 Å². The van der Waals surface area contributed by atoms with E-state index in [1.54, 1.807) is 72.8 Å². The lowest BCUT2D eigenvalue weighted by molar-refractivity contribution is 0.399. The Labute approximate surface area is 135 Å². The highest BCUT2D eigenvalue weighted by Gasteiger charge is 2.33. The summed E-state index contributed by atoms with van der Waals surface area (Å²) in [6.45, 7) is 0. The second-order valence-electron chi connectivity index (χ2n) is 4.86. The van der Waals surface area contributed by atoms with E-state index in [-0.39, 0.29) is 0 Å². The summed E-state index contributed by atoms with van der Waals surface area (Å²) in [4.78, 5) is 0. The van der Waals surface area contributed by atoms with E-state index in [9.17, 15) is 4.57 Å². The quantitative estimate of drug-likeness (QED) is 0.563. The minimum absolute atomic E-state index is 0.340. The Hall–Kier alpha value is -2.71. The Morgan fingerprint density at radius 1 is 0.652 bits per heavy atom. The van der Waals surface area contributed by atoms with E-state index >= 15 is 0 Å². The van der Waals surface area contributed by atoms with Crippen LogP contribution in [0.15, 0.2) is 84.9 Å². The number of hydrogen-bond acceptors (Lipinski definition) is 4. The van der Waals surface area contributed by atoms with Crippen molar-refractivity contribution in [1.29, 1.82) is 0 Å². The monoisotopic (exact) mass is 325 g/mol. The van der Waals surface area contributed by atoms with E-state index in [1.807, 2.05) is 12.1 Å². The molecule has 5 heteroatoms. The van der Waals surface area contributed by atoms with Gasteiger partial charge in [0.15, 0.2) is 0 Å². The highest BCUT2D eigenvalue weighted by Crippen LogP contribution is 2.48. The van der Waals surface area contributed by atoms with Crippen LogP contribution in [0.25, 0.3) is 0 Å². The normalized spacial score (nSPS) is 11.0. The maximum atomic E-state index is 13.5. The predicted molar refractivity (Wildman–Crippen MR) is 92.2 cm³/mol. The van der Waals surface area contributed by atoms with E-state index < -0.39 is 7.60 Å². The second-order valence-corrected chi connectivity index (χ2v) is 6.71. The molecule has 0 aromatic heterocycles. The van der Waals surface area contributed by atoms with Crippen LogP contribution < -0.4 is 20.1 Å². The molecule has 0 bridgehead atoms. The Balaban J connectivity index is 2.02. The summed E-state index contributed by atoms with van der Waals surface area (Å²) in [5.74, 6) is 0.907. The van der Waals surface area contributed by atoms with Gasteiger partial charge in [0, 0.05) is 5.69 Å². The van der Waals surface area contributed by atoms with Gasteiger partial charge in [0.25, 0.3) is 0 Å². The molecule has 0 aliphatic rings. The van der Waals surface area contributed by atoms with Crippen LogP contribution in [0.3, 0.4) is 0 Å². The molecule has 0 amide bonds. The number of anilines is 1. The van der Waals surface area contributed by atoms with E-state index in [2.05, 4.69) is 0 Å². The van der Waals surface area contributed by atoms with Gasteiger partial charge in [-0.2, -0.15) is 0 Å². The van der Waals surface area contributed by atoms with Crippen molar-refractivity contribution in [2.24, 2.45) is 0 Å². The topological polar surface area (TPSA) is 61.6 Å². The largest absolute Gasteiger partial charge is 0.464 e. The highest BCUT2D eigenvalue weighted by atomic mass is 31.2. The lowest BCUT2D eigenvalue weighted by atomic mass is 10.3. The molecule has 0 atom stereocenters. The summed E-state index contributed by atoms with van der Waals surface area (Å²) in [6, 6.07) is 24.7. The van der Waals surface area contributed by atoms with Crippen molar-refractivity contribution in [3.05, 3.63) is 84.9 Å². The summed E-state index contributed by atoms with van der Waals surface area (Å²) >= 11 is 0. The minimum atomic E-state index is -3.68. The average molecular weight is 325 g/mol. The molecule has 0 aliphatic carbocycles. The third kappa shape index (κ3) is 3.55. The van der Waals surface area contributed by atoms with Gasteiger partial charge in [0.1, 0.15) is 16.8 Å². The molecule has 4 nitrogen and oxygen atoms in total. The fraction of sp³-hybridized carbons (Fsp3) is 0. The van der Waals surface area contributed by atoms with E-state index in [0.29, 0.717) is 22.5 Å². The number of nitrogens with two attached hydrogens (primary N) is 1. The Bertz CT molecular complexity index is 776. The van der Waals surface area contributed by atoms with Crippen LogP contribution in [0, 0.1) is 0 Å². The van der Waals surface area contributed by atoms with Gasteiger partial charge in [0.2, 0.25) is 0 Å². The smallest absolute Gasteiger partial charge is 0.413 e. The molecule has 0 radical (unpaired) electrons. The number of benzene rings is 3. The average Bonchev–Trinajstić information content (AvgIpc) is 2.57. The van der Waals surface area contributed by atoms with Crippen molar-refractivity contribution in [2.75, 3.05) is 5.73 Å². The first-order valence-electron chi connectivity index (χ1n) is 7.12. The molecule has 0 aliphatic heterocycles. The van der Waals surface area contributed by atoms with Gasteiger partial charge in [-0.15, -0.1) is 0 Å². The van der Waals surface area contributed by atoms with Gasteiger partial charge in [-0.3, -0.25) is 0 Å². The van der Waals surface area contributed by atoms with Crippen LogP contribution in [0.4, 0.5) is 5.69 Å². The van der Waals surface area contributed by atoms with Gasteiger partial charge in [-0.25, -0.2) is 4.57 Å². The molecule has 0 spiro atoms. The van der Waals surface area contributed by atoms with Crippen LogP contribution in [-0.2, 0) is 4.57 Å². The van der Waals surface area contributed by atoms with E-state index in [0.717, 1.165) is 0 Å². The Morgan fingerprint density at radius 2 is 1.09 bits per heavy atom. The second kappa shape index (κ2) is 6.59. The molecule has 2 N–H and O–H groups in total. The molecule has 0 unspecified atom stereocenters. The van der Waals surface area contributed by atoms with Gasteiger partial charge in [0.05, 0.1) is 0 Å². The summed E-state index contributed by atoms with van der Waals surface area (Å²) in [6.07, 6.45) is 0. The molecule has 0 heterocycles. The minimum Gasteiger partial charge on any atom is -0.413 e. The number of rotatable bonds is 5. The first-order chi connectivity index (χ1) is 11.2. The molecule has 23 heavy (non-hydrogen) atoms. The summed E-state index contributed by atoms with van der Waals surface area (Å²) in [5, 5.41) is 0.340. The predicted octanol–water partition coefficient (Wildman–Crippen LogP) is 4.25. The van der Waals surface area contributed by atoms with Crippen molar-refractivity contribution >= 4 is 18.6 Å². The lowest BCUT2D eigenvalue weighted by Crippen LogP contribution is -2.18. The van der Waals surface area contributed by atoms with Gasteiger partial charge in [-0.1, -0.05) is 48.5 Å². The highest BCUT2D eigenvalue weighted by molar-refractivity contribution is 7.63. The van der Waals surface area contributed by atoms with Crippen molar-refractivity contribution in [1.82, 2.24) is 0 Å². The maximum Gasteiger partial charge on any atom is 0.464 e. The molecule has 3 aromatic carbocycles. The van der Waals surface area contributed by atoms with Crippen molar-refractivity contribution in [3.8, 4) is 11.5 Å². The Kier molecular flexibility index (Phi) is 4.35. The fourth-order valence-corrected chi connectivity index (χ4v) is 3.79. The number of para-hydroxylation sites is 3. The summed E-state index contributed by atoms with van der Waals surface area (Å²) in [5.41, 5.74) is 6.35. The van der Waals surface area contributed by atoms with Crippen LogP contribution in [0.1, 0.15) is 0 Å². The van der Waals surface area contributed by atoms with Gasteiger partial charge >= 0.3 is 7.60 Å². The van der Waals surface area contributed by atoms with Gasteiger partial charge in [-0.05, 0) is 36.4 Å². The maximum absolute atomic E-state index is 13.5. The van der Waals surface area contributed by atoms with Crippen LogP contribution in [-0.4, -0.2) is 0 Å². The van der Waals surface area contributed by atoms with E-state index in [1.165, 1.54) is 0 Å². The zero-order valence-corrected chi connectivity index (χ0v) is 13.2. The molecular formula is C18H16NO3P. The molecule has 3 rings (SSSR count). The molecule has 0 saturated heterocycles. The number of hydrogen-bond donors (Lipinski definition) is 1. The molecular weight excluding hydrogens is 309 g/mol. The lowest BCUT2D eigenvalue weighted by Gasteiger charge is -2.21. The molecule has 0 saturated carbocycles. The third-order valence-corrected chi connectivity index (χ3v) is 5.07. The molecule has 0 fully saturated rings. The zero-order chi connectivity index (χ0) is 16.1. The zero-order valence-electron chi connectivity index (χ0n) is 12.3. The van der Waals surface area contributed by atoms with Crippen LogP contribution in [0.2, 0.25) is 0 Å². The first-order valence-corrected chi connectivity index (χ1v) is 8.66. The van der Waals surface area contributed by atoms with Crippen LogP contribution in [0.5, 0.6) is 11.5 Å². The Morgan fingerprint density at radius 3 is 1.57 bits per heavy atom. The van der Waals surface area contributed by atoms with Crippen molar-refractivity contribution in [2.45, 2.75) is 0 Å². The van der Waals surface area contributed by atoms with E-state index in [4.69, 9.17) is 14.8 Å². The third-order valence-electron chi connectivity index (χ3n) is 3.17. The summed E-state index contributed by atoms with van der Waals surface area (Å²) in [7, 11) is -3.68. The first kappa shape index (κ1) is 15.2. The van der Waals surface area contributed by atoms with Gasteiger partial charge < -0.3 is 14.8 Å². The number of nitrogen functional groups attached to an aromatic ring is 1. The molecule has 116 valence electrons. The fourth-order valence-electron chi connectivity index (χ4n) is 2.09. The molecule has 3 aromatic rings. The summed E-state index contributed by atoms with van der Waals surface area (Å²) < 4.78 is 24.9. The SMILES string of the molecule is Nc1ccccc1P(=O)(Oc1ccccc1)Oc1ccccc1. The van der Waals surface area contributed by atoms with Crippen LogP contribution >= 0.6 is 7.60 Å².